The number of alkyl halides is 2. The van der Waals surface area contributed by atoms with Crippen LogP contribution in [0.25, 0.3) is 0 Å². The molecule has 0 bridgehead atoms. The number of halogens is 2. The highest BCUT2D eigenvalue weighted by atomic mass is 19.3. The number of rotatable bonds is 5. The van der Waals surface area contributed by atoms with Crippen LogP contribution in [0, 0.1) is 0 Å². The van der Waals surface area contributed by atoms with E-state index >= 15 is 0 Å². The Bertz CT molecular complexity index is 305. The van der Waals surface area contributed by atoms with Gasteiger partial charge in [-0.15, -0.1) is 0 Å². The van der Waals surface area contributed by atoms with E-state index < -0.39 is 6.43 Å². The first-order valence-electron chi connectivity index (χ1n) is 5.58. The summed E-state index contributed by atoms with van der Waals surface area (Å²) in [7, 11) is 0. The summed E-state index contributed by atoms with van der Waals surface area (Å²) in [5, 5.41) is 0. The fraction of sp³-hybridized carbons (Fsp3) is 0.538. The van der Waals surface area contributed by atoms with Gasteiger partial charge in [0.15, 0.2) is 0 Å². The zero-order valence-electron chi connectivity index (χ0n) is 9.39. The molecular formula is C13H18F2. The van der Waals surface area contributed by atoms with Crippen molar-refractivity contribution in [3.05, 3.63) is 34.9 Å². The van der Waals surface area contributed by atoms with E-state index in [0.717, 1.165) is 36.8 Å². The lowest BCUT2D eigenvalue weighted by Crippen LogP contribution is -1.96. The number of benzene rings is 1. The maximum Gasteiger partial charge on any atom is 0.264 e. The summed E-state index contributed by atoms with van der Waals surface area (Å²) in [6, 6.07) is 5.50. The van der Waals surface area contributed by atoms with Crippen LogP contribution in [0.4, 0.5) is 8.78 Å². The maximum absolute atomic E-state index is 12.8. The fourth-order valence-electron chi connectivity index (χ4n) is 1.79. The van der Waals surface area contributed by atoms with E-state index in [-0.39, 0.29) is 5.56 Å². The Labute approximate surface area is 90.3 Å². The highest BCUT2D eigenvalue weighted by Crippen LogP contribution is 2.25. The number of hydrogen-bond donors (Lipinski definition) is 0. The Morgan fingerprint density at radius 3 is 2.27 bits per heavy atom. The minimum atomic E-state index is -2.34. The van der Waals surface area contributed by atoms with Gasteiger partial charge in [0.2, 0.25) is 0 Å². The molecule has 0 saturated heterocycles. The summed E-state index contributed by atoms with van der Waals surface area (Å²) in [6.07, 6.45) is 1.18. The summed E-state index contributed by atoms with van der Waals surface area (Å²) in [5.74, 6) is 0. The summed E-state index contributed by atoms with van der Waals surface area (Å²) in [5.41, 5.74) is 2.04. The molecule has 0 nitrogen and oxygen atoms in total. The molecule has 84 valence electrons. The van der Waals surface area contributed by atoms with E-state index in [2.05, 4.69) is 6.92 Å². The molecule has 0 unspecified atom stereocenters. The van der Waals surface area contributed by atoms with Crippen molar-refractivity contribution in [3.8, 4) is 0 Å². The quantitative estimate of drug-likeness (QED) is 0.672. The Kier molecular flexibility index (Phi) is 4.73. The van der Waals surface area contributed by atoms with Crippen molar-refractivity contribution < 1.29 is 8.78 Å². The maximum atomic E-state index is 12.8. The molecule has 0 amide bonds. The molecule has 0 aliphatic heterocycles. The molecule has 0 radical (unpaired) electrons. The molecule has 1 aromatic carbocycles. The third-order valence-electron chi connectivity index (χ3n) is 2.50. The van der Waals surface area contributed by atoms with Crippen molar-refractivity contribution in [2.24, 2.45) is 0 Å². The van der Waals surface area contributed by atoms with Crippen LogP contribution in [-0.4, -0.2) is 0 Å². The van der Waals surface area contributed by atoms with Gasteiger partial charge in [0.05, 0.1) is 0 Å². The molecular weight excluding hydrogens is 194 g/mol. The van der Waals surface area contributed by atoms with Crippen LogP contribution in [0.3, 0.4) is 0 Å². The van der Waals surface area contributed by atoms with Gasteiger partial charge in [0, 0.05) is 5.56 Å². The predicted molar refractivity (Wildman–Crippen MR) is 59.4 cm³/mol. The van der Waals surface area contributed by atoms with Crippen LogP contribution in [0.15, 0.2) is 18.2 Å². The summed E-state index contributed by atoms with van der Waals surface area (Å²) in [6.45, 7) is 4.07. The molecule has 0 saturated carbocycles. The van der Waals surface area contributed by atoms with E-state index in [1.807, 2.05) is 19.1 Å². The lowest BCUT2D eigenvalue weighted by Gasteiger charge is -2.10. The predicted octanol–water partition coefficient (Wildman–Crippen LogP) is 4.53. The second kappa shape index (κ2) is 5.84. The van der Waals surface area contributed by atoms with Gasteiger partial charge in [-0.1, -0.05) is 38.8 Å². The third kappa shape index (κ3) is 3.29. The molecule has 15 heavy (non-hydrogen) atoms. The molecule has 1 aromatic rings. The molecule has 0 N–H and O–H groups in total. The van der Waals surface area contributed by atoms with Gasteiger partial charge in [-0.2, -0.15) is 0 Å². The van der Waals surface area contributed by atoms with Gasteiger partial charge in [-0.3, -0.25) is 0 Å². The molecule has 0 spiro atoms. The molecule has 0 heterocycles. The molecule has 0 atom stereocenters. The Morgan fingerprint density at radius 2 is 1.73 bits per heavy atom. The van der Waals surface area contributed by atoms with Crippen molar-refractivity contribution in [3.63, 3.8) is 0 Å². The monoisotopic (exact) mass is 212 g/mol. The third-order valence-corrected chi connectivity index (χ3v) is 2.50. The fourth-order valence-corrected chi connectivity index (χ4v) is 1.79. The van der Waals surface area contributed by atoms with Crippen molar-refractivity contribution in [2.75, 3.05) is 0 Å². The van der Waals surface area contributed by atoms with Crippen LogP contribution >= 0.6 is 0 Å². The minimum absolute atomic E-state index is 0.225. The van der Waals surface area contributed by atoms with E-state index in [1.165, 1.54) is 0 Å². The topological polar surface area (TPSA) is 0 Å². The lowest BCUT2D eigenvalue weighted by atomic mass is 9.99. The van der Waals surface area contributed by atoms with Gasteiger partial charge in [0.1, 0.15) is 0 Å². The van der Waals surface area contributed by atoms with Gasteiger partial charge in [-0.05, 0) is 30.0 Å². The van der Waals surface area contributed by atoms with Crippen molar-refractivity contribution in [1.29, 1.82) is 0 Å². The first-order valence-corrected chi connectivity index (χ1v) is 5.58. The number of hydrogen-bond acceptors (Lipinski definition) is 0. The van der Waals surface area contributed by atoms with E-state index in [4.69, 9.17) is 0 Å². The summed E-state index contributed by atoms with van der Waals surface area (Å²) < 4.78 is 25.5. The average Bonchev–Trinajstić information content (AvgIpc) is 2.21. The van der Waals surface area contributed by atoms with Gasteiger partial charge in [0.25, 0.3) is 6.43 Å². The standard InChI is InChI=1S/C13H18F2/c1-3-5-10-7-8-11(6-4-2)12(9-10)13(14)15/h7-9,13H,3-6H2,1-2H3. The molecule has 0 fully saturated rings. The van der Waals surface area contributed by atoms with E-state index in [9.17, 15) is 8.78 Å². The molecule has 2 heteroatoms. The van der Waals surface area contributed by atoms with Crippen molar-refractivity contribution >= 4 is 0 Å². The Hall–Kier alpha value is -0.920. The highest BCUT2D eigenvalue weighted by molar-refractivity contribution is 5.33. The highest BCUT2D eigenvalue weighted by Gasteiger charge is 2.12. The molecule has 1 rings (SSSR count). The zero-order chi connectivity index (χ0) is 11.3. The normalized spacial score (nSPS) is 11.0. The first-order chi connectivity index (χ1) is 7.19. The van der Waals surface area contributed by atoms with E-state index in [0.29, 0.717) is 0 Å². The largest absolute Gasteiger partial charge is 0.264 e. The average molecular weight is 212 g/mol. The molecule has 0 aromatic heterocycles. The SMILES string of the molecule is CCCc1ccc(CCC)c(C(F)F)c1. The second-order valence-electron chi connectivity index (χ2n) is 3.83. The molecule has 0 aliphatic rings. The Balaban J connectivity index is 2.97. The van der Waals surface area contributed by atoms with Gasteiger partial charge < -0.3 is 0 Å². The van der Waals surface area contributed by atoms with E-state index in [1.54, 1.807) is 6.07 Å². The van der Waals surface area contributed by atoms with Crippen LogP contribution in [0.5, 0.6) is 0 Å². The smallest absolute Gasteiger partial charge is 0.205 e. The zero-order valence-corrected chi connectivity index (χ0v) is 9.39. The van der Waals surface area contributed by atoms with Crippen molar-refractivity contribution in [1.82, 2.24) is 0 Å². The van der Waals surface area contributed by atoms with Crippen LogP contribution < -0.4 is 0 Å². The Morgan fingerprint density at radius 1 is 1.07 bits per heavy atom. The van der Waals surface area contributed by atoms with Crippen LogP contribution in [0.1, 0.15) is 49.8 Å². The van der Waals surface area contributed by atoms with Crippen LogP contribution in [-0.2, 0) is 12.8 Å². The minimum Gasteiger partial charge on any atom is -0.205 e. The second-order valence-corrected chi connectivity index (χ2v) is 3.83. The first kappa shape index (κ1) is 12.2. The summed E-state index contributed by atoms with van der Waals surface area (Å²) in [4.78, 5) is 0. The van der Waals surface area contributed by atoms with Gasteiger partial charge >= 0.3 is 0 Å². The summed E-state index contributed by atoms with van der Waals surface area (Å²) >= 11 is 0. The van der Waals surface area contributed by atoms with Gasteiger partial charge in [-0.25, -0.2) is 8.78 Å². The van der Waals surface area contributed by atoms with Crippen LogP contribution in [0.2, 0.25) is 0 Å². The lowest BCUT2D eigenvalue weighted by molar-refractivity contribution is 0.150. The number of aryl methyl sites for hydroxylation is 2. The molecule has 0 aliphatic carbocycles. The van der Waals surface area contributed by atoms with Crippen molar-refractivity contribution in [2.45, 2.75) is 46.0 Å².